The van der Waals surface area contributed by atoms with Crippen molar-refractivity contribution in [3.8, 4) is 0 Å². The van der Waals surface area contributed by atoms with Gasteiger partial charge in [-0.2, -0.15) is 5.10 Å². The van der Waals surface area contributed by atoms with Gasteiger partial charge in [-0.3, -0.25) is 4.21 Å². The molecule has 0 spiro atoms. The van der Waals surface area contributed by atoms with Crippen molar-refractivity contribution in [3.63, 3.8) is 0 Å². The van der Waals surface area contributed by atoms with E-state index in [4.69, 9.17) is 4.74 Å². The zero-order valence-corrected chi connectivity index (χ0v) is 16.2. The van der Waals surface area contributed by atoms with Gasteiger partial charge >= 0.3 is 6.09 Å². The van der Waals surface area contributed by atoms with Crippen molar-refractivity contribution in [3.05, 3.63) is 57.3 Å². The minimum absolute atomic E-state index is 0.285. The van der Waals surface area contributed by atoms with Gasteiger partial charge in [0.05, 0.1) is 17.2 Å². The Labute approximate surface area is 154 Å². The first-order chi connectivity index (χ1) is 12.0. The van der Waals surface area contributed by atoms with Crippen LogP contribution in [0, 0.1) is 6.92 Å². The smallest absolute Gasteiger partial charge is 0.427 e. The maximum atomic E-state index is 11.8. The number of benzene rings is 1. The molecule has 1 unspecified atom stereocenters. The van der Waals surface area contributed by atoms with Crippen molar-refractivity contribution in [2.75, 3.05) is 12.4 Å². The minimum atomic E-state index is -0.858. The highest BCUT2D eigenvalue weighted by molar-refractivity contribution is 7.84. The summed E-state index contributed by atoms with van der Waals surface area (Å²) in [7, 11) is -0.858. The van der Waals surface area contributed by atoms with Crippen molar-refractivity contribution in [2.24, 2.45) is 5.10 Å². The number of amides is 1. The Morgan fingerprint density at radius 1 is 1.20 bits per heavy atom. The molecule has 0 radical (unpaired) electrons. The lowest BCUT2D eigenvalue weighted by Crippen LogP contribution is -2.21. The minimum Gasteiger partial charge on any atom is -0.449 e. The van der Waals surface area contributed by atoms with Crippen molar-refractivity contribution < 1.29 is 13.7 Å². The first-order valence-electron chi connectivity index (χ1n) is 8.05. The molecule has 1 amide bonds. The SMILES string of the molecule is CCOC(=O)NN=C(c1ccc(C)cc1)c1ccc(CS(=O)CC)s1. The zero-order chi connectivity index (χ0) is 18.2. The third-order valence-electron chi connectivity index (χ3n) is 3.38. The normalized spacial score (nSPS) is 12.7. The molecule has 134 valence electrons. The molecule has 0 saturated carbocycles. The van der Waals surface area contributed by atoms with Crippen LogP contribution in [-0.2, 0) is 21.3 Å². The lowest BCUT2D eigenvalue weighted by molar-refractivity contribution is 0.152. The van der Waals surface area contributed by atoms with Crippen LogP contribution >= 0.6 is 11.3 Å². The molecular weight excluding hydrogens is 356 g/mol. The van der Waals surface area contributed by atoms with Gasteiger partial charge in [-0.25, -0.2) is 10.2 Å². The molecule has 5 nitrogen and oxygen atoms in total. The average Bonchev–Trinajstić information content (AvgIpc) is 3.05. The molecule has 7 heteroatoms. The molecule has 2 rings (SSSR count). The van der Waals surface area contributed by atoms with Gasteiger partial charge in [0, 0.05) is 27.0 Å². The van der Waals surface area contributed by atoms with Gasteiger partial charge in [0.15, 0.2) is 0 Å². The van der Waals surface area contributed by atoms with Crippen LogP contribution in [0.25, 0.3) is 0 Å². The Morgan fingerprint density at radius 3 is 2.56 bits per heavy atom. The van der Waals surface area contributed by atoms with E-state index in [2.05, 4.69) is 10.5 Å². The van der Waals surface area contributed by atoms with Crippen molar-refractivity contribution in [1.82, 2.24) is 5.43 Å². The van der Waals surface area contributed by atoms with Gasteiger partial charge in [-0.15, -0.1) is 11.3 Å². The maximum Gasteiger partial charge on any atom is 0.427 e. The Hall–Kier alpha value is -1.99. The number of carbonyl (C=O) groups is 1. The lowest BCUT2D eigenvalue weighted by Gasteiger charge is -2.06. The number of hydrogen-bond donors (Lipinski definition) is 1. The summed E-state index contributed by atoms with van der Waals surface area (Å²) in [5.74, 6) is 1.17. The molecule has 0 aliphatic rings. The highest BCUT2D eigenvalue weighted by Crippen LogP contribution is 2.22. The van der Waals surface area contributed by atoms with E-state index in [9.17, 15) is 9.00 Å². The Kier molecular flexibility index (Phi) is 7.33. The first-order valence-corrected chi connectivity index (χ1v) is 10.4. The number of rotatable bonds is 7. The van der Waals surface area contributed by atoms with Crippen LogP contribution < -0.4 is 5.43 Å². The van der Waals surface area contributed by atoms with Crippen molar-refractivity contribution in [1.29, 1.82) is 0 Å². The number of hydrazone groups is 1. The zero-order valence-electron chi connectivity index (χ0n) is 14.6. The van der Waals surface area contributed by atoms with Gasteiger partial charge in [-0.1, -0.05) is 36.8 Å². The van der Waals surface area contributed by atoms with Gasteiger partial charge in [0.2, 0.25) is 0 Å². The summed E-state index contributed by atoms with van der Waals surface area (Å²) in [6.07, 6.45) is -0.587. The van der Waals surface area contributed by atoms with Crippen LogP contribution in [0.5, 0.6) is 0 Å². The van der Waals surface area contributed by atoms with E-state index < -0.39 is 16.9 Å². The van der Waals surface area contributed by atoms with E-state index in [0.717, 1.165) is 20.9 Å². The summed E-state index contributed by atoms with van der Waals surface area (Å²) < 4.78 is 16.6. The fourth-order valence-corrected chi connectivity index (χ4v) is 4.14. The fraction of sp³-hybridized carbons (Fsp3) is 0.333. The highest BCUT2D eigenvalue weighted by Gasteiger charge is 2.12. The fourth-order valence-electron chi connectivity index (χ4n) is 2.08. The van der Waals surface area contributed by atoms with Gasteiger partial charge in [-0.05, 0) is 26.0 Å². The van der Waals surface area contributed by atoms with Crippen LogP contribution in [0.1, 0.15) is 34.7 Å². The number of ether oxygens (including phenoxy) is 1. The molecule has 1 N–H and O–H groups in total. The average molecular weight is 379 g/mol. The molecule has 2 aromatic rings. The third-order valence-corrected chi connectivity index (χ3v) is 5.93. The predicted octanol–water partition coefficient (Wildman–Crippen LogP) is 3.82. The second kappa shape index (κ2) is 9.48. The predicted molar refractivity (Wildman–Crippen MR) is 104 cm³/mol. The molecule has 0 saturated heterocycles. The van der Waals surface area contributed by atoms with E-state index in [1.807, 2.05) is 50.2 Å². The van der Waals surface area contributed by atoms with Gasteiger partial charge in [0.25, 0.3) is 0 Å². The van der Waals surface area contributed by atoms with Crippen LogP contribution in [-0.4, -0.2) is 28.4 Å². The second-order valence-corrected chi connectivity index (χ2v) is 8.21. The van der Waals surface area contributed by atoms with E-state index in [1.165, 1.54) is 11.3 Å². The standard InChI is InChI=1S/C18H22N2O3S2/c1-4-23-18(21)20-19-17(14-8-6-13(3)7-9-14)16-11-10-15(24-16)12-25(22)5-2/h6-11H,4-5,12H2,1-3H3,(H,20,21). The Balaban J connectivity index is 2.31. The number of nitrogens with one attached hydrogen (secondary N) is 1. The molecule has 0 aliphatic heterocycles. The summed E-state index contributed by atoms with van der Waals surface area (Å²) in [5.41, 5.74) is 5.13. The highest BCUT2D eigenvalue weighted by atomic mass is 32.2. The summed E-state index contributed by atoms with van der Waals surface area (Å²) >= 11 is 1.53. The molecule has 0 aliphatic carbocycles. The molecule has 25 heavy (non-hydrogen) atoms. The summed E-state index contributed by atoms with van der Waals surface area (Å²) in [4.78, 5) is 13.5. The van der Waals surface area contributed by atoms with Gasteiger partial charge < -0.3 is 4.74 Å². The topological polar surface area (TPSA) is 67.8 Å². The first kappa shape index (κ1) is 19.3. The Morgan fingerprint density at radius 2 is 1.92 bits per heavy atom. The number of hydrogen-bond acceptors (Lipinski definition) is 5. The van der Waals surface area contributed by atoms with Crippen molar-refractivity contribution in [2.45, 2.75) is 26.5 Å². The molecule has 0 fully saturated rings. The third kappa shape index (κ3) is 5.79. The number of thiophene rings is 1. The van der Waals surface area contributed by atoms with E-state index in [1.54, 1.807) is 6.92 Å². The number of nitrogens with zero attached hydrogens (tertiary/aromatic N) is 1. The summed E-state index contributed by atoms with van der Waals surface area (Å²) in [5, 5.41) is 4.25. The van der Waals surface area contributed by atoms with Crippen LogP contribution in [0.3, 0.4) is 0 Å². The monoisotopic (exact) mass is 378 g/mol. The quantitative estimate of drug-likeness (QED) is 0.588. The van der Waals surface area contributed by atoms with Crippen molar-refractivity contribution >= 4 is 33.9 Å². The molecule has 1 aromatic carbocycles. The molecule has 0 bridgehead atoms. The van der Waals surface area contributed by atoms with Gasteiger partial charge in [0.1, 0.15) is 5.71 Å². The molecular formula is C18H22N2O3S2. The van der Waals surface area contributed by atoms with Crippen LogP contribution in [0.15, 0.2) is 41.5 Å². The number of carbonyl (C=O) groups excluding carboxylic acids is 1. The second-order valence-electron chi connectivity index (χ2n) is 5.30. The Bertz CT molecular complexity index is 767. The number of aryl methyl sites for hydroxylation is 1. The molecule has 1 heterocycles. The van der Waals surface area contributed by atoms with E-state index in [0.29, 0.717) is 17.2 Å². The van der Waals surface area contributed by atoms with Crippen LogP contribution in [0.4, 0.5) is 4.79 Å². The van der Waals surface area contributed by atoms with Crippen LogP contribution in [0.2, 0.25) is 0 Å². The maximum absolute atomic E-state index is 11.8. The lowest BCUT2D eigenvalue weighted by atomic mass is 10.1. The van der Waals surface area contributed by atoms with E-state index in [-0.39, 0.29) is 6.61 Å². The largest absolute Gasteiger partial charge is 0.449 e. The molecule has 1 aromatic heterocycles. The summed E-state index contributed by atoms with van der Waals surface area (Å²) in [6, 6.07) is 11.8. The van der Waals surface area contributed by atoms with E-state index >= 15 is 0 Å². The molecule has 1 atom stereocenters. The summed E-state index contributed by atoms with van der Waals surface area (Å²) in [6.45, 7) is 5.95.